The van der Waals surface area contributed by atoms with E-state index in [0.29, 0.717) is 0 Å². The fourth-order valence-electron chi connectivity index (χ4n) is 1.000. The van der Waals surface area contributed by atoms with Crippen LogP contribution < -0.4 is 5.32 Å². The lowest BCUT2D eigenvalue weighted by Gasteiger charge is -2.16. The lowest BCUT2D eigenvalue weighted by atomic mass is 10.2. The smallest absolute Gasteiger partial charge is 0.0663 e. The molecule has 10 heavy (non-hydrogen) atoms. The molecule has 1 atom stereocenters. The van der Waals surface area contributed by atoms with Gasteiger partial charge in [0.15, 0.2) is 0 Å². The first-order valence-electron chi connectivity index (χ1n) is 3.57. The molecular weight excluding hydrogens is 126 g/mol. The predicted octanol–water partition coefficient (Wildman–Crippen LogP) is 0.123. The second-order valence-electron chi connectivity index (χ2n) is 2.97. The normalized spacial score (nSPS) is 23.3. The molecule has 2 N–H and O–H groups in total. The summed E-state index contributed by atoms with van der Waals surface area (Å²) in [7, 11) is 0. The molecule has 1 unspecified atom stereocenters. The van der Waals surface area contributed by atoms with E-state index in [4.69, 9.17) is 11.5 Å². The van der Waals surface area contributed by atoms with Gasteiger partial charge in [-0.1, -0.05) is 5.92 Å². The summed E-state index contributed by atoms with van der Waals surface area (Å²) in [6.45, 7) is 2.13. The molecule has 0 bridgehead atoms. The van der Waals surface area contributed by atoms with Crippen molar-refractivity contribution in [2.75, 3.05) is 6.61 Å². The summed E-state index contributed by atoms with van der Waals surface area (Å²) in [5.41, 5.74) is -0.0220. The monoisotopic (exact) mass is 139 g/mol. The van der Waals surface area contributed by atoms with E-state index < -0.39 is 0 Å². The maximum absolute atomic E-state index is 8.87. The first-order valence-corrected chi connectivity index (χ1v) is 3.57. The van der Waals surface area contributed by atoms with Gasteiger partial charge in [0.05, 0.1) is 12.6 Å². The Balaban J connectivity index is 2.32. The number of terminal acetylenes is 1. The molecule has 0 aliphatic heterocycles. The zero-order valence-corrected chi connectivity index (χ0v) is 6.22. The average molecular weight is 139 g/mol. The van der Waals surface area contributed by atoms with Crippen LogP contribution >= 0.6 is 0 Å². The largest absolute Gasteiger partial charge is 0.394 e. The molecule has 1 fully saturated rings. The van der Waals surface area contributed by atoms with Gasteiger partial charge in [-0.25, -0.2) is 0 Å². The van der Waals surface area contributed by atoms with Gasteiger partial charge in [0.2, 0.25) is 0 Å². The van der Waals surface area contributed by atoms with Crippen LogP contribution in [0.2, 0.25) is 0 Å². The Morgan fingerprint density at radius 3 is 2.70 bits per heavy atom. The van der Waals surface area contributed by atoms with Crippen LogP contribution in [-0.4, -0.2) is 23.3 Å². The van der Waals surface area contributed by atoms with Gasteiger partial charge in [-0.15, -0.1) is 6.42 Å². The van der Waals surface area contributed by atoms with Crippen LogP contribution in [0.5, 0.6) is 0 Å². The van der Waals surface area contributed by atoms with Gasteiger partial charge in [0.25, 0.3) is 0 Å². The molecule has 1 saturated carbocycles. The minimum atomic E-state index is -0.0220. The van der Waals surface area contributed by atoms with Crippen LogP contribution in [0.4, 0.5) is 0 Å². The lowest BCUT2D eigenvalue weighted by Crippen LogP contribution is -2.40. The highest BCUT2D eigenvalue weighted by atomic mass is 16.3. The molecule has 1 aliphatic carbocycles. The highest BCUT2D eigenvalue weighted by Crippen LogP contribution is 2.34. The molecule has 0 spiro atoms. The minimum Gasteiger partial charge on any atom is -0.394 e. The lowest BCUT2D eigenvalue weighted by molar-refractivity contribution is 0.227. The van der Waals surface area contributed by atoms with Gasteiger partial charge in [-0.2, -0.15) is 0 Å². The van der Waals surface area contributed by atoms with Gasteiger partial charge in [0.1, 0.15) is 0 Å². The third-order valence-corrected chi connectivity index (χ3v) is 1.93. The zero-order chi connectivity index (χ0) is 7.61. The van der Waals surface area contributed by atoms with Crippen molar-refractivity contribution in [2.24, 2.45) is 0 Å². The Hall–Kier alpha value is -0.520. The number of hydrogen-bond donors (Lipinski definition) is 2. The summed E-state index contributed by atoms with van der Waals surface area (Å²) in [6.07, 6.45) is 7.27. The maximum atomic E-state index is 8.87. The quantitative estimate of drug-likeness (QED) is 0.544. The predicted molar refractivity (Wildman–Crippen MR) is 40.5 cm³/mol. The molecular formula is C8H13NO. The average Bonchev–Trinajstić information content (AvgIpc) is 2.70. The number of rotatable bonds is 3. The van der Waals surface area contributed by atoms with Crippen molar-refractivity contribution in [2.45, 2.75) is 31.3 Å². The summed E-state index contributed by atoms with van der Waals surface area (Å²) in [5, 5.41) is 12.1. The van der Waals surface area contributed by atoms with Gasteiger partial charge in [0, 0.05) is 5.54 Å². The molecule has 0 amide bonds. The number of aliphatic hydroxyl groups is 1. The van der Waals surface area contributed by atoms with Gasteiger partial charge >= 0.3 is 0 Å². The first-order chi connectivity index (χ1) is 4.72. The Morgan fingerprint density at radius 1 is 1.80 bits per heavy atom. The third kappa shape index (κ3) is 1.50. The molecule has 2 heteroatoms. The summed E-state index contributed by atoms with van der Waals surface area (Å²) in [5.74, 6) is 2.57. The van der Waals surface area contributed by atoms with Crippen LogP contribution in [-0.2, 0) is 0 Å². The Labute approximate surface area is 61.6 Å². The summed E-state index contributed by atoms with van der Waals surface area (Å²) < 4.78 is 0. The van der Waals surface area contributed by atoms with Crippen molar-refractivity contribution in [3.05, 3.63) is 0 Å². The van der Waals surface area contributed by atoms with Gasteiger partial charge in [-0.05, 0) is 19.8 Å². The van der Waals surface area contributed by atoms with E-state index in [9.17, 15) is 0 Å². The molecule has 0 aromatic rings. The van der Waals surface area contributed by atoms with Gasteiger partial charge < -0.3 is 5.11 Å². The molecule has 0 aromatic carbocycles. The van der Waals surface area contributed by atoms with Crippen LogP contribution in [0.15, 0.2) is 0 Å². The van der Waals surface area contributed by atoms with Crippen LogP contribution in [0.3, 0.4) is 0 Å². The second-order valence-corrected chi connectivity index (χ2v) is 2.97. The van der Waals surface area contributed by atoms with E-state index in [1.807, 2.05) is 6.92 Å². The van der Waals surface area contributed by atoms with Crippen molar-refractivity contribution in [1.82, 2.24) is 5.32 Å². The molecule has 0 aromatic heterocycles. The topological polar surface area (TPSA) is 32.3 Å². The van der Waals surface area contributed by atoms with Crippen LogP contribution in [0, 0.1) is 12.3 Å². The number of nitrogens with one attached hydrogen (secondary N) is 1. The molecule has 1 aliphatic rings. The van der Waals surface area contributed by atoms with Crippen molar-refractivity contribution in [1.29, 1.82) is 0 Å². The standard InChI is InChI=1S/C8H13NO/c1-3-7(2)9-8(6-10)4-5-8/h1,7,9-10H,4-6H2,2H3. The van der Waals surface area contributed by atoms with E-state index in [0.717, 1.165) is 12.8 Å². The van der Waals surface area contributed by atoms with Crippen molar-refractivity contribution in [3.63, 3.8) is 0 Å². The van der Waals surface area contributed by atoms with Gasteiger partial charge in [-0.3, -0.25) is 5.32 Å². The number of hydrogen-bond acceptors (Lipinski definition) is 2. The van der Waals surface area contributed by atoms with Crippen molar-refractivity contribution >= 4 is 0 Å². The number of aliphatic hydroxyl groups excluding tert-OH is 1. The van der Waals surface area contributed by atoms with E-state index in [1.165, 1.54) is 0 Å². The third-order valence-electron chi connectivity index (χ3n) is 1.93. The van der Waals surface area contributed by atoms with Crippen LogP contribution in [0.1, 0.15) is 19.8 Å². The molecule has 1 rings (SSSR count). The maximum Gasteiger partial charge on any atom is 0.0663 e. The van der Waals surface area contributed by atoms with E-state index in [1.54, 1.807) is 0 Å². The Morgan fingerprint density at radius 2 is 2.40 bits per heavy atom. The highest BCUT2D eigenvalue weighted by molar-refractivity contribution is 5.08. The molecule has 56 valence electrons. The molecule has 0 radical (unpaired) electrons. The summed E-state index contributed by atoms with van der Waals surface area (Å²) in [4.78, 5) is 0. The minimum absolute atomic E-state index is 0.0220. The van der Waals surface area contributed by atoms with E-state index >= 15 is 0 Å². The second kappa shape index (κ2) is 2.61. The Bertz CT molecular complexity index is 155. The fraction of sp³-hybridized carbons (Fsp3) is 0.750. The molecule has 0 saturated heterocycles. The van der Waals surface area contributed by atoms with Crippen LogP contribution in [0.25, 0.3) is 0 Å². The Kier molecular flexibility index (Phi) is 1.98. The SMILES string of the molecule is C#CC(C)NC1(CO)CC1. The fourth-order valence-corrected chi connectivity index (χ4v) is 1.000. The highest BCUT2D eigenvalue weighted by Gasteiger charge is 2.42. The zero-order valence-electron chi connectivity index (χ0n) is 6.22. The summed E-state index contributed by atoms with van der Waals surface area (Å²) in [6, 6.07) is 0.0784. The van der Waals surface area contributed by atoms with E-state index in [2.05, 4.69) is 11.2 Å². The van der Waals surface area contributed by atoms with E-state index in [-0.39, 0.29) is 18.2 Å². The molecule has 0 heterocycles. The van der Waals surface area contributed by atoms with Crippen molar-refractivity contribution < 1.29 is 5.11 Å². The molecule has 2 nitrogen and oxygen atoms in total. The van der Waals surface area contributed by atoms with Crippen molar-refractivity contribution in [3.8, 4) is 12.3 Å². The first kappa shape index (κ1) is 7.59. The summed E-state index contributed by atoms with van der Waals surface area (Å²) >= 11 is 0.